The number of aryl methyl sites for hydroxylation is 1. The van der Waals surface area contributed by atoms with Gasteiger partial charge in [-0.2, -0.15) is 0 Å². The third-order valence-electron chi connectivity index (χ3n) is 4.11. The molecule has 3 rings (SSSR count). The summed E-state index contributed by atoms with van der Waals surface area (Å²) in [4.78, 5) is 13.0. The molecule has 2 N–H and O–H groups in total. The van der Waals surface area contributed by atoms with Crippen molar-refractivity contribution in [3.8, 4) is 0 Å². The Morgan fingerprint density at radius 3 is 2.52 bits per heavy atom. The molecule has 1 saturated heterocycles. The number of benzene rings is 1. The van der Waals surface area contributed by atoms with Crippen molar-refractivity contribution in [1.82, 2.24) is 14.5 Å². The monoisotopic (exact) mass is 332 g/mol. The van der Waals surface area contributed by atoms with Crippen LogP contribution in [0.25, 0.3) is 0 Å². The highest BCUT2D eigenvalue weighted by molar-refractivity contribution is 6.30. The summed E-state index contributed by atoms with van der Waals surface area (Å²) in [6.07, 6.45) is 3.58. The molecule has 23 heavy (non-hydrogen) atoms. The lowest BCUT2D eigenvalue weighted by molar-refractivity contribution is 0.380. The van der Waals surface area contributed by atoms with Crippen LogP contribution in [0.3, 0.4) is 0 Å². The van der Waals surface area contributed by atoms with Crippen LogP contribution < -0.4 is 10.6 Å². The first-order valence-electron chi connectivity index (χ1n) is 7.64. The van der Waals surface area contributed by atoms with E-state index in [0.717, 1.165) is 36.9 Å². The zero-order chi connectivity index (χ0) is 16.2. The molecule has 122 valence electrons. The van der Waals surface area contributed by atoms with E-state index in [-0.39, 0.29) is 0 Å². The van der Waals surface area contributed by atoms with Crippen LogP contribution in [0, 0.1) is 0 Å². The van der Waals surface area contributed by atoms with Gasteiger partial charge in [0.1, 0.15) is 0 Å². The Morgan fingerprint density at radius 1 is 1.22 bits per heavy atom. The summed E-state index contributed by atoms with van der Waals surface area (Å²) in [6.45, 7) is 4.12. The molecular formula is C16H21ClN6. The van der Waals surface area contributed by atoms with E-state index in [9.17, 15) is 0 Å². The highest BCUT2D eigenvalue weighted by atomic mass is 35.5. The molecule has 1 fully saturated rings. The molecule has 1 aliphatic rings. The summed E-state index contributed by atoms with van der Waals surface area (Å²) in [5.74, 6) is 0.599. The van der Waals surface area contributed by atoms with Gasteiger partial charge in [-0.25, -0.2) is 9.98 Å². The van der Waals surface area contributed by atoms with Crippen LogP contribution in [-0.4, -0.2) is 46.6 Å². The van der Waals surface area contributed by atoms with Gasteiger partial charge in [0.05, 0.1) is 24.8 Å². The van der Waals surface area contributed by atoms with E-state index in [1.165, 1.54) is 5.69 Å². The number of guanidine groups is 1. The molecule has 1 aromatic carbocycles. The van der Waals surface area contributed by atoms with Gasteiger partial charge in [0.25, 0.3) is 0 Å². The Labute approximate surface area is 141 Å². The van der Waals surface area contributed by atoms with Crippen LogP contribution in [0.1, 0.15) is 5.69 Å². The number of hydrogen-bond acceptors (Lipinski definition) is 3. The predicted octanol–water partition coefficient (Wildman–Crippen LogP) is 1.71. The zero-order valence-corrected chi connectivity index (χ0v) is 13.9. The number of halogens is 1. The molecule has 0 amide bonds. The van der Waals surface area contributed by atoms with Crippen molar-refractivity contribution >= 4 is 23.2 Å². The molecule has 0 spiro atoms. The van der Waals surface area contributed by atoms with E-state index in [0.29, 0.717) is 12.5 Å². The number of anilines is 1. The van der Waals surface area contributed by atoms with E-state index in [4.69, 9.17) is 17.3 Å². The maximum atomic E-state index is 6.13. The fourth-order valence-electron chi connectivity index (χ4n) is 2.64. The second-order valence-corrected chi connectivity index (χ2v) is 6.06. The Kier molecular flexibility index (Phi) is 4.71. The van der Waals surface area contributed by atoms with Gasteiger partial charge >= 0.3 is 0 Å². The number of nitrogens with zero attached hydrogens (tertiary/aromatic N) is 5. The predicted molar refractivity (Wildman–Crippen MR) is 93.8 cm³/mol. The number of nitrogens with two attached hydrogens (primary N) is 1. The molecule has 0 atom stereocenters. The number of imidazole rings is 1. The number of aromatic nitrogens is 2. The summed E-state index contributed by atoms with van der Waals surface area (Å²) in [5, 5.41) is 0.763. The van der Waals surface area contributed by atoms with Crippen molar-refractivity contribution in [2.45, 2.75) is 6.54 Å². The smallest absolute Gasteiger partial charge is 0.191 e. The van der Waals surface area contributed by atoms with Crippen LogP contribution >= 0.6 is 11.6 Å². The lowest BCUT2D eigenvalue weighted by atomic mass is 10.2. The number of hydrogen-bond donors (Lipinski definition) is 1. The minimum Gasteiger partial charge on any atom is -0.370 e. The highest BCUT2D eigenvalue weighted by Crippen LogP contribution is 2.19. The molecule has 2 heterocycles. The summed E-state index contributed by atoms with van der Waals surface area (Å²) in [6, 6.07) is 7.95. The zero-order valence-electron chi connectivity index (χ0n) is 13.2. The van der Waals surface area contributed by atoms with E-state index in [2.05, 4.69) is 31.9 Å². The summed E-state index contributed by atoms with van der Waals surface area (Å²) >= 11 is 5.94. The molecule has 0 aliphatic carbocycles. The van der Waals surface area contributed by atoms with Crippen molar-refractivity contribution in [2.75, 3.05) is 31.1 Å². The molecule has 6 nitrogen and oxygen atoms in total. The van der Waals surface area contributed by atoms with Gasteiger partial charge in [0, 0.05) is 43.9 Å². The van der Waals surface area contributed by atoms with Gasteiger partial charge < -0.3 is 20.1 Å². The second kappa shape index (κ2) is 6.91. The molecule has 2 aromatic rings. The maximum Gasteiger partial charge on any atom is 0.191 e. The molecule has 0 saturated carbocycles. The lowest BCUT2D eigenvalue weighted by Gasteiger charge is -2.36. The van der Waals surface area contributed by atoms with Gasteiger partial charge in [-0.3, -0.25) is 0 Å². The Morgan fingerprint density at radius 2 is 1.91 bits per heavy atom. The van der Waals surface area contributed by atoms with Crippen LogP contribution in [0.15, 0.2) is 41.8 Å². The molecule has 0 radical (unpaired) electrons. The third-order valence-corrected chi connectivity index (χ3v) is 4.37. The van der Waals surface area contributed by atoms with Gasteiger partial charge in [-0.15, -0.1) is 0 Å². The second-order valence-electron chi connectivity index (χ2n) is 5.62. The Hall–Kier alpha value is -2.21. The van der Waals surface area contributed by atoms with Gasteiger partial charge in [-0.05, 0) is 24.3 Å². The Balaban J connectivity index is 1.55. The standard InChI is InChI=1S/C16H21ClN6/c1-21-12-19-10-15(21)11-20-16(18)23-8-6-22(7-9-23)14-4-2-13(17)3-5-14/h2-5,10,12H,6-9,11H2,1H3,(H2,18,20). The van der Waals surface area contributed by atoms with E-state index < -0.39 is 0 Å². The average Bonchev–Trinajstić information content (AvgIpc) is 2.99. The largest absolute Gasteiger partial charge is 0.370 e. The summed E-state index contributed by atoms with van der Waals surface area (Å²) in [5.41, 5.74) is 8.37. The SMILES string of the molecule is Cn1cncc1CN=C(N)N1CCN(c2ccc(Cl)cc2)CC1. The Bertz CT molecular complexity index is 670. The quantitative estimate of drug-likeness (QED) is 0.686. The normalized spacial score (nSPS) is 16.0. The average molecular weight is 333 g/mol. The van der Waals surface area contributed by atoms with Gasteiger partial charge in [0.15, 0.2) is 5.96 Å². The van der Waals surface area contributed by atoms with E-state index in [1.54, 1.807) is 6.33 Å². The summed E-state index contributed by atoms with van der Waals surface area (Å²) < 4.78 is 1.95. The number of piperazine rings is 1. The van der Waals surface area contributed by atoms with Crippen molar-refractivity contribution in [3.05, 3.63) is 47.5 Å². The van der Waals surface area contributed by atoms with Crippen LogP contribution in [-0.2, 0) is 13.6 Å². The van der Waals surface area contributed by atoms with Gasteiger partial charge in [0.2, 0.25) is 0 Å². The summed E-state index contributed by atoms with van der Waals surface area (Å²) in [7, 11) is 1.96. The molecule has 1 aromatic heterocycles. The number of rotatable bonds is 3. The van der Waals surface area contributed by atoms with Crippen LogP contribution in [0.2, 0.25) is 5.02 Å². The van der Waals surface area contributed by atoms with Crippen molar-refractivity contribution in [1.29, 1.82) is 0 Å². The first-order valence-corrected chi connectivity index (χ1v) is 8.02. The number of aliphatic imine (C=N–C) groups is 1. The fourth-order valence-corrected chi connectivity index (χ4v) is 2.77. The topological polar surface area (TPSA) is 62.7 Å². The van der Waals surface area contributed by atoms with Gasteiger partial charge in [-0.1, -0.05) is 11.6 Å². The van der Waals surface area contributed by atoms with E-state index in [1.807, 2.05) is 29.9 Å². The van der Waals surface area contributed by atoms with Crippen molar-refractivity contribution in [3.63, 3.8) is 0 Å². The van der Waals surface area contributed by atoms with Crippen molar-refractivity contribution < 1.29 is 0 Å². The molecule has 0 unspecified atom stereocenters. The third kappa shape index (κ3) is 3.76. The molecular weight excluding hydrogens is 312 g/mol. The highest BCUT2D eigenvalue weighted by Gasteiger charge is 2.18. The first-order chi connectivity index (χ1) is 11.1. The minimum atomic E-state index is 0.555. The fraction of sp³-hybridized carbons (Fsp3) is 0.375. The minimum absolute atomic E-state index is 0.555. The lowest BCUT2D eigenvalue weighted by Crippen LogP contribution is -2.51. The molecule has 1 aliphatic heterocycles. The molecule has 7 heteroatoms. The molecule has 0 bridgehead atoms. The van der Waals surface area contributed by atoms with Crippen LogP contribution in [0.5, 0.6) is 0 Å². The first kappa shape index (κ1) is 15.7. The van der Waals surface area contributed by atoms with Crippen LogP contribution in [0.4, 0.5) is 5.69 Å². The van der Waals surface area contributed by atoms with E-state index >= 15 is 0 Å². The maximum absolute atomic E-state index is 6.13. The van der Waals surface area contributed by atoms with Crippen molar-refractivity contribution in [2.24, 2.45) is 17.8 Å².